The van der Waals surface area contributed by atoms with E-state index in [2.05, 4.69) is 28.1 Å². The van der Waals surface area contributed by atoms with Crippen LogP contribution in [0.4, 0.5) is 0 Å². The monoisotopic (exact) mass is 349 g/mol. The number of amides is 2. The molecule has 2 rings (SSSR count). The van der Waals surface area contributed by atoms with E-state index in [0.29, 0.717) is 25.9 Å². The predicted molar refractivity (Wildman–Crippen MR) is 99.0 cm³/mol. The highest BCUT2D eigenvalue weighted by Crippen LogP contribution is 2.16. The van der Waals surface area contributed by atoms with E-state index in [4.69, 9.17) is 0 Å². The molecule has 1 aliphatic heterocycles. The van der Waals surface area contributed by atoms with Crippen LogP contribution in [-0.4, -0.2) is 42.5 Å². The van der Waals surface area contributed by atoms with Crippen LogP contribution in [0.25, 0.3) is 0 Å². The topological polar surface area (TPSA) is 70.2 Å². The molecule has 132 valence electrons. The molecule has 0 aliphatic carbocycles. The Bertz CT molecular complexity index is 565. The third kappa shape index (κ3) is 5.24. The van der Waals surface area contributed by atoms with Gasteiger partial charge >= 0.3 is 0 Å². The van der Waals surface area contributed by atoms with Crippen molar-refractivity contribution in [1.29, 1.82) is 0 Å². The van der Waals surface area contributed by atoms with Gasteiger partial charge in [-0.2, -0.15) is 11.8 Å². The molecule has 1 heterocycles. The van der Waals surface area contributed by atoms with Crippen LogP contribution in [0, 0.1) is 0 Å². The van der Waals surface area contributed by atoms with Crippen molar-refractivity contribution in [2.45, 2.75) is 44.8 Å². The van der Waals surface area contributed by atoms with E-state index in [1.165, 1.54) is 11.1 Å². The molecule has 0 fully saturated rings. The second-order valence-electron chi connectivity index (χ2n) is 6.04. The Morgan fingerprint density at radius 2 is 2.08 bits per heavy atom. The second kappa shape index (κ2) is 9.69. The number of rotatable bonds is 8. The number of thioether (sulfide) groups is 1. The summed E-state index contributed by atoms with van der Waals surface area (Å²) in [7, 11) is 0. The third-order valence-electron chi connectivity index (χ3n) is 4.19. The van der Waals surface area contributed by atoms with Gasteiger partial charge in [-0.25, -0.2) is 0 Å². The minimum Gasteiger partial charge on any atom is -0.354 e. The molecule has 6 heteroatoms. The fraction of sp³-hybridized carbons (Fsp3) is 0.556. The zero-order valence-electron chi connectivity index (χ0n) is 14.4. The Morgan fingerprint density at radius 3 is 2.79 bits per heavy atom. The van der Waals surface area contributed by atoms with Gasteiger partial charge in [-0.05, 0) is 42.4 Å². The van der Waals surface area contributed by atoms with Gasteiger partial charge in [0.05, 0.1) is 6.04 Å². The first-order chi connectivity index (χ1) is 11.7. The standard InChI is InChI=1S/C18H27N3O2S/c1-3-9-19-17(22)15(8-10-24-2)21-18(23)16-11-13-6-4-5-7-14(13)12-20-16/h4-7,15-16,20H,3,8-12H2,1-2H3,(H,19,22)(H,21,23). The molecule has 0 aromatic heterocycles. The van der Waals surface area contributed by atoms with E-state index < -0.39 is 6.04 Å². The number of hydrogen-bond donors (Lipinski definition) is 3. The van der Waals surface area contributed by atoms with Crippen molar-refractivity contribution in [1.82, 2.24) is 16.0 Å². The molecule has 1 aromatic rings. The van der Waals surface area contributed by atoms with Gasteiger partial charge in [0.2, 0.25) is 11.8 Å². The van der Waals surface area contributed by atoms with Crippen LogP contribution in [0.5, 0.6) is 0 Å². The van der Waals surface area contributed by atoms with Crippen molar-refractivity contribution >= 4 is 23.6 Å². The normalized spacial score (nSPS) is 17.7. The van der Waals surface area contributed by atoms with Gasteiger partial charge in [0.25, 0.3) is 0 Å². The SMILES string of the molecule is CCCNC(=O)C(CCSC)NC(=O)C1Cc2ccccc2CN1. The van der Waals surface area contributed by atoms with Gasteiger partial charge < -0.3 is 16.0 Å². The lowest BCUT2D eigenvalue weighted by atomic mass is 9.95. The summed E-state index contributed by atoms with van der Waals surface area (Å²) < 4.78 is 0. The minimum atomic E-state index is -0.463. The average Bonchev–Trinajstić information content (AvgIpc) is 2.62. The van der Waals surface area contributed by atoms with E-state index in [0.717, 1.165) is 12.2 Å². The van der Waals surface area contributed by atoms with Crippen LogP contribution < -0.4 is 16.0 Å². The molecule has 1 aromatic carbocycles. The molecular weight excluding hydrogens is 322 g/mol. The van der Waals surface area contributed by atoms with E-state index in [1.54, 1.807) is 11.8 Å². The summed E-state index contributed by atoms with van der Waals surface area (Å²) >= 11 is 1.68. The summed E-state index contributed by atoms with van der Waals surface area (Å²) in [4.78, 5) is 24.9. The van der Waals surface area contributed by atoms with Crippen molar-refractivity contribution in [3.05, 3.63) is 35.4 Å². The summed E-state index contributed by atoms with van der Waals surface area (Å²) in [5.74, 6) is 0.656. The van der Waals surface area contributed by atoms with Crippen LogP contribution in [0.2, 0.25) is 0 Å². The van der Waals surface area contributed by atoms with Crippen molar-refractivity contribution in [2.75, 3.05) is 18.6 Å². The molecule has 5 nitrogen and oxygen atoms in total. The van der Waals surface area contributed by atoms with Crippen LogP contribution >= 0.6 is 11.8 Å². The van der Waals surface area contributed by atoms with Gasteiger partial charge in [0.15, 0.2) is 0 Å². The first-order valence-corrected chi connectivity index (χ1v) is 9.92. The Morgan fingerprint density at radius 1 is 1.33 bits per heavy atom. The van der Waals surface area contributed by atoms with Gasteiger partial charge in [0, 0.05) is 13.1 Å². The van der Waals surface area contributed by atoms with E-state index in [-0.39, 0.29) is 17.9 Å². The van der Waals surface area contributed by atoms with Gasteiger partial charge in [-0.1, -0.05) is 31.2 Å². The maximum absolute atomic E-state index is 12.6. The number of nitrogens with one attached hydrogen (secondary N) is 3. The van der Waals surface area contributed by atoms with Crippen LogP contribution in [0.3, 0.4) is 0 Å². The first kappa shape index (κ1) is 18.8. The summed E-state index contributed by atoms with van der Waals surface area (Å²) in [6, 6.07) is 7.41. The molecule has 2 unspecified atom stereocenters. The van der Waals surface area contributed by atoms with Crippen LogP contribution in [-0.2, 0) is 22.6 Å². The quantitative estimate of drug-likeness (QED) is 0.665. The summed E-state index contributed by atoms with van der Waals surface area (Å²) in [5.41, 5.74) is 2.44. The molecule has 2 amide bonds. The molecule has 2 atom stereocenters. The number of hydrogen-bond acceptors (Lipinski definition) is 4. The fourth-order valence-electron chi connectivity index (χ4n) is 2.79. The molecule has 24 heavy (non-hydrogen) atoms. The predicted octanol–water partition coefficient (Wildman–Crippen LogP) is 1.47. The highest BCUT2D eigenvalue weighted by Gasteiger charge is 2.27. The first-order valence-electron chi connectivity index (χ1n) is 8.53. The second-order valence-corrected chi connectivity index (χ2v) is 7.03. The van der Waals surface area contributed by atoms with Crippen LogP contribution in [0.15, 0.2) is 24.3 Å². The molecule has 0 radical (unpaired) electrons. The number of carbonyl (C=O) groups excluding carboxylic acids is 2. The molecular formula is C18H27N3O2S. The Balaban J connectivity index is 1.95. The maximum Gasteiger partial charge on any atom is 0.242 e. The highest BCUT2D eigenvalue weighted by atomic mass is 32.2. The van der Waals surface area contributed by atoms with Gasteiger partial charge in [-0.15, -0.1) is 0 Å². The lowest BCUT2D eigenvalue weighted by Gasteiger charge is -2.27. The molecule has 0 saturated carbocycles. The summed E-state index contributed by atoms with van der Waals surface area (Å²) in [6.45, 7) is 3.34. The molecule has 0 saturated heterocycles. The fourth-order valence-corrected chi connectivity index (χ4v) is 3.26. The van der Waals surface area contributed by atoms with Gasteiger partial charge in [-0.3, -0.25) is 9.59 Å². The number of carbonyl (C=O) groups is 2. The zero-order chi connectivity index (χ0) is 17.4. The lowest BCUT2D eigenvalue weighted by Crippen LogP contribution is -2.54. The molecule has 3 N–H and O–H groups in total. The summed E-state index contributed by atoms with van der Waals surface area (Å²) in [6.07, 6.45) is 4.19. The van der Waals surface area contributed by atoms with Crippen molar-refractivity contribution in [3.63, 3.8) is 0 Å². The van der Waals surface area contributed by atoms with E-state index in [1.807, 2.05) is 25.3 Å². The minimum absolute atomic E-state index is 0.0875. The smallest absolute Gasteiger partial charge is 0.242 e. The Labute approximate surface area is 148 Å². The largest absolute Gasteiger partial charge is 0.354 e. The van der Waals surface area contributed by atoms with Gasteiger partial charge in [0.1, 0.15) is 6.04 Å². The summed E-state index contributed by atoms with van der Waals surface area (Å²) in [5, 5.41) is 9.09. The van der Waals surface area contributed by atoms with E-state index >= 15 is 0 Å². The third-order valence-corrected chi connectivity index (χ3v) is 4.83. The highest BCUT2D eigenvalue weighted by molar-refractivity contribution is 7.98. The Kier molecular flexibility index (Phi) is 7.59. The lowest BCUT2D eigenvalue weighted by molar-refractivity contribution is -0.130. The van der Waals surface area contributed by atoms with Crippen LogP contribution in [0.1, 0.15) is 30.9 Å². The molecule has 0 bridgehead atoms. The van der Waals surface area contributed by atoms with Crippen molar-refractivity contribution in [2.24, 2.45) is 0 Å². The van der Waals surface area contributed by atoms with Crippen molar-refractivity contribution < 1.29 is 9.59 Å². The zero-order valence-corrected chi connectivity index (χ0v) is 15.2. The maximum atomic E-state index is 12.6. The van der Waals surface area contributed by atoms with E-state index in [9.17, 15) is 9.59 Å². The molecule has 0 spiro atoms. The number of fused-ring (bicyclic) bond motifs is 1. The average molecular weight is 350 g/mol. The Hall–Kier alpha value is -1.53. The van der Waals surface area contributed by atoms with Crippen molar-refractivity contribution in [3.8, 4) is 0 Å². The molecule has 1 aliphatic rings. The number of benzene rings is 1.